The summed E-state index contributed by atoms with van der Waals surface area (Å²) in [5.41, 5.74) is 0.588. The zero-order chi connectivity index (χ0) is 18.8. The zero-order valence-corrected chi connectivity index (χ0v) is 15.4. The molecule has 2 aromatic heterocycles. The minimum atomic E-state index is -0.224. The summed E-state index contributed by atoms with van der Waals surface area (Å²) >= 11 is 0. The molecule has 2 atom stereocenters. The molecule has 0 aromatic carbocycles. The van der Waals surface area contributed by atoms with E-state index >= 15 is 0 Å². The van der Waals surface area contributed by atoms with Crippen LogP contribution in [0.5, 0.6) is 0 Å². The number of fused-ring (bicyclic) bond motifs is 1. The molecule has 144 valence electrons. The van der Waals surface area contributed by atoms with E-state index in [-0.39, 0.29) is 23.8 Å². The van der Waals surface area contributed by atoms with Crippen LogP contribution in [-0.2, 0) is 9.59 Å². The lowest BCUT2D eigenvalue weighted by Crippen LogP contribution is -2.45. The monoisotopic (exact) mass is 372 g/mol. The van der Waals surface area contributed by atoms with Crippen molar-refractivity contribution in [3.05, 3.63) is 12.1 Å². The summed E-state index contributed by atoms with van der Waals surface area (Å²) in [6, 6.07) is 3.76. The van der Waals surface area contributed by atoms with E-state index in [0.29, 0.717) is 31.0 Å². The van der Waals surface area contributed by atoms with Gasteiger partial charge in [-0.15, -0.1) is 14.8 Å². The van der Waals surface area contributed by atoms with Gasteiger partial charge in [0.2, 0.25) is 11.8 Å². The van der Waals surface area contributed by atoms with Crippen LogP contribution in [0.2, 0.25) is 0 Å². The fourth-order valence-corrected chi connectivity index (χ4v) is 3.86. The highest BCUT2D eigenvalue weighted by Crippen LogP contribution is 2.22. The fourth-order valence-electron chi connectivity index (χ4n) is 3.86. The Morgan fingerprint density at radius 2 is 2.11 bits per heavy atom. The molecule has 1 N–H and O–H groups in total. The van der Waals surface area contributed by atoms with Crippen molar-refractivity contribution in [1.29, 1.82) is 0 Å². The first-order valence-corrected chi connectivity index (χ1v) is 9.45. The normalized spacial score (nSPS) is 24.1. The lowest BCUT2D eigenvalue weighted by atomic mass is 10.0. The van der Waals surface area contributed by atoms with Crippen LogP contribution in [0.25, 0.3) is 5.65 Å². The standard InChI is InChI=1S/C17H24N8O2/c1-23-10-12(9-16(23)26)17(27)24-8-4-2-3-5-13(11-24)18-14-6-7-15-19-21-22-25(15)20-14/h6-7,12-13H,2-5,8-11H2,1H3,(H,18,20). The number of hydrogen-bond acceptors (Lipinski definition) is 7. The highest BCUT2D eigenvalue weighted by Gasteiger charge is 2.35. The molecular weight excluding hydrogens is 348 g/mol. The number of amides is 2. The van der Waals surface area contributed by atoms with Crippen molar-refractivity contribution in [3.63, 3.8) is 0 Å². The molecule has 2 aliphatic rings. The predicted octanol–water partition coefficient (Wildman–Crippen LogP) is 0.181. The van der Waals surface area contributed by atoms with Crippen LogP contribution >= 0.6 is 0 Å². The van der Waals surface area contributed by atoms with Crippen LogP contribution in [0.3, 0.4) is 0 Å². The van der Waals surface area contributed by atoms with Gasteiger partial charge in [-0.05, 0) is 35.4 Å². The second-order valence-electron chi connectivity index (χ2n) is 7.40. The van der Waals surface area contributed by atoms with Crippen molar-refractivity contribution in [3.8, 4) is 0 Å². The Labute approximate surface area is 156 Å². The first kappa shape index (κ1) is 17.6. The Bertz CT molecular complexity index is 837. The molecule has 27 heavy (non-hydrogen) atoms. The van der Waals surface area contributed by atoms with Crippen LogP contribution in [0.15, 0.2) is 12.1 Å². The smallest absolute Gasteiger partial charge is 0.228 e. The summed E-state index contributed by atoms with van der Waals surface area (Å²) in [7, 11) is 1.76. The third-order valence-electron chi connectivity index (χ3n) is 5.34. The molecule has 2 aliphatic heterocycles. The summed E-state index contributed by atoms with van der Waals surface area (Å²) < 4.78 is 1.38. The van der Waals surface area contributed by atoms with Gasteiger partial charge in [0.05, 0.1) is 5.92 Å². The SMILES string of the molecule is CN1CC(C(=O)N2CCCCCC(Nc3ccc4nnnn4n3)C2)CC1=O. The molecule has 0 aliphatic carbocycles. The molecule has 10 heteroatoms. The molecule has 2 unspecified atom stereocenters. The fraction of sp³-hybridized carbons (Fsp3) is 0.647. The van der Waals surface area contributed by atoms with Gasteiger partial charge < -0.3 is 15.1 Å². The van der Waals surface area contributed by atoms with Gasteiger partial charge in [0.25, 0.3) is 0 Å². The summed E-state index contributed by atoms with van der Waals surface area (Å²) in [5, 5.41) is 19.1. The van der Waals surface area contributed by atoms with E-state index < -0.39 is 0 Å². The Morgan fingerprint density at radius 3 is 2.93 bits per heavy atom. The largest absolute Gasteiger partial charge is 0.364 e. The van der Waals surface area contributed by atoms with Gasteiger partial charge in [-0.25, -0.2) is 0 Å². The van der Waals surface area contributed by atoms with Crippen molar-refractivity contribution in [2.45, 2.75) is 38.1 Å². The number of nitrogens with zero attached hydrogens (tertiary/aromatic N) is 7. The second-order valence-corrected chi connectivity index (χ2v) is 7.40. The number of carbonyl (C=O) groups excluding carboxylic acids is 2. The molecule has 2 saturated heterocycles. The van der Waals surface area contributed by atoms with Crippen molar-refractivity contribution in [1.82, 2.24) is 35.1 Å². The molecule has 0 spiro atoms. The number of anilines is 1. The average Bonchev–Trinajstić information content (AvgIpc) is 3.23. The van der Waals surface area contributed by atoms with Crippen LogP contribution in [0.4, 0.5) is 5.82 Å². The lowest BCUT2D eigenvalue weighted by Gasteiger charge is -2.32. The topological polar surface area (TPSA) is 109 Å². The third-order valence-corrected chi connectivity index (χ3v) is 5.34. The molecule has 10 nitrogen and oxygen atoms in total. The van der Waals surface area contributed by atoms with Gasteiger partial charge in [0, 0.05) is 39.1 Å². The number of rotatable bonds is 3. The van der Waals surface area contributed by atoms with Crippen LogP contribution in [0, 0.1) is 5.92 Å². The predicted molar refractivity (Wildman–Crippen MR) is 96.8 cm³/mol. The summed E-state index contributed by atoms with van der Waals surface area (Å²) in [6.45, 7) is 1.87. The quantitative estimate of drug-likeness (QED) is 0.819. The van der Waals surface area contributed by atoms with Crippen LogP contribution in [-0.4, -0.2) is 79.6 Å². The van der Waals surface area contributed by atoms with Crippen LogP contribution in [0.1, 0.15) is 32.1 Å². The Balaban J connectivity index is 1.45. The Morgan fingerprint density at radius 1 is 1.22 bits per heavy atom. The van der Waals surface area contributed by atoms with Gasteiger partial charge in [-0.1, -0.05) is 12.8 Å². The molecule has 2 aromatic rings. The number of likely N-dealkylation sites (tertiary alicyclic amines) is 2. The highest BCUT2D eigenvalue weighted by molar-refractivity contribution is 5.89. The zero-order valence-electron chi connectivity index (χ0n) is 15.4. The minimum Gasteiger partial charge on any atom is -0.364 e. The van der Waals surface area contributed by atoms with Crippen molar-refractivity contribution in [2.75, 3.05) is 32.0 Å². The van der Waals surface area contributed by atoms with E-state index in [0.717, 1.165) is 32.2 Å². The number of tetrazole rings is 1. The molecule has 0 saturated carbocycles. The molecular formula is C17H24N8O2. The average molecular weight is 372 g/mol. The summed E-state index contributed by atoms with van der Waals surface area (Å²) in [5.74, 6) is 0.598. The van der Waals surface area contributed by atoms with Gasteiger partial charge >= 0.3 is 0 Å². The van der Waals surface area contributed by atoms with E-state index in [9.17, 15) is 9.59 Å². The lowest BCUT2D eigenvalue weighted by molar-refractivity contribution is -0.136. The number of hydrogen-bond donors (Lipinski definition) is 1. The van der Waals surface area contributed by atoms with E-state index in [1.54, 1.807) is 18.0 Å². The number of aromatic nitrogens is 5. The molecule has 2 fully saturated rings. The van der Waals surface area contributed by atoms with E-state index in [4.69, 9.17) is 0 Å². The van der Waals surface area contributed by atoms with E-state index in [1.165, 1.54) is 4.63 Å². The van der Waals surface area contributed by atoms with Crippen molar-refractivity contribution in [2.24, 2.45) is 5.92 Å². The van der Waals surface area contributed by atoms with Crippen molar-refractivity contribution >= 4 is 23.3 Å². The first-order chi connectivity index (χ1) is 13.1. The van der Waals surface area contributed by atoms with Gasteiger partial charge in [-0.3, -0.25) is 9.59 Å². The maximum Gasteiger partial charge on any atom is 0.228 e. The molecule has 4 heterocycles. The first-order valence-electron chi connectivity index (χ1n) is 9.45. The van der Waals surface area contributed by atoms with Gasteiger partial charge in [0.15, 0.2) is 5.65 Å². The van der Waals surface area contributed by atoms with E-state index in [1.807, 2.05) is 11.0 Å². The summed E-state index contributed by atoms with van der Waals surface area (Å²) in [4.78, 5) is 28.3. The van der Waals surface area contributed by atoms with Crippen molar-refractivity contribution < 1.29 is 9.59 Å². The Hall–Kier alpha value is -2.78. The highest BCUT2D eigenvalue weighted by atomic mass is 16.2. The number of carbonyl (C=O) groups is 2. The molecule has 0 bridgehead atoms. The maximum absolute atomic E-state index is 13.0. The van der Waals surface area contributed by atoms with Crippen LogP contribution < -0.4 is 5.32 Å². The minimum absolute atomic E-state index is 0.0500. The molecule has 2 amide bonds. The maximum atomic E-state index is 13.0. The second kappa shape index (κ2) is 7.45. The molecule has 0 radical (unpaired) electrons. The summed E-state index contributed by atoms with van der Waals surface area (Å²) in [6.07, 6.45) is 4.48. The number of nitrogens with one attached hydrogen (secondary N) is 1. The van der Waals surface area contributed by atoms with Gasteiger partial charge in [0.1, 0.15) is 5.82 Å². The third kappa shape index (κ3) is 3.83. The van der Waals surface area contributed by atoms with E-state index in [2.05, 4.69) is 25.9 Å². The Kier molecular flexibility index (Phi) is 4.87. The molecule has 4 rings (SSSR count). The van der Waals surface area contributed by atoms with Gasteiger partial charge in [-0.2, -0.15) is 0 Å².